The number of rotatable bonds is 6. The third-order valence-electron chi connectivity index (χ3n) is 7.09. The number of benzene rings is 2. The number of fused-ring (bicyclic) bond motifs is 4. The summed E-state index contributed by atoms with van der Waals surface area (Å²) in [4.78, 5) is 37.9. The molecule has 2 aliphatic carbocycles. The van der Waals surface area contributed by atoms with Gasteiger partial charge in [-0.2, -0.15) is 0 Å². The molecule has 2 fully saturated rings. The molecule has 7 nitrogen and oxygen atoms in total. The van der Waals surface area contributed by atoms with E-state index >= 15 is 0 Å². The van der Waals surface area contributed by atoms with Crippen LogP contribution in [-0.4, -0.2) is 53.2 Å². The van der Waals surface area contributed by atoms with Crippen LogP contribution < -0.4 is 5.32 Å². The van der Waals surface area contributed by atoms with E-state index in [0.717, 1.165) is 24.0 Å². The first kappa shape index (κ1) is 21.2. The van der Waals surface area contributed by atoms with Crippen LogP contribution in [0.2, 0.25) is 0 Å². The molecule has 7 heteroatoms. The topological polar surface area (TPSA) is 95.9 Å². The Hall–Kier alpha value is -3.61. The molecule has 1 saturated carbocycles. The number of nitrogens with one attached hydrogen (secondary N) is 1. The van der Waals surface area contributed by atoms with Crippen LogP contribution in [0, 0.1) is 5.92 Å². The Bertz CT molecular complexity index is 1100. The number of likely N-dealkylation sites (tertiary alicyclic amines) is 1. The molecule has 0 bridgehead atoms. The highest BCUT2D eigenvalue weighted by atomic mass is 16.5. The molecule has 33 heavy (non-hydrogen) atoms. The van der Waals surface area contributed by atoms with E-state index in [4.69, 9.17) is 4.74 Å². The fourth-order valence-corrected chi connectivity index (χ4v) is 5.41. The molecule has 5 rings (SSSR count). The number of carboxylic acid groups (broad SMARTS) is 1. The summed E-state index contributed by atoms with van der Waals surface area (Å²) in [6, 6.07) is 16.3. The van der Waals surface area contributed by atoms with Gasteiger partial charge in [-0.05, 0) is 47.4 Å². The molecule has 1 aliphatic heterocycles. The third kappa shape index (κ3) is 3.67. The number of piperidine rings is 1. The molecule has 0 radical (unpaired) electrons. The number of ether oxygens (including phenoxy) is 1. The smallest absolute Gasteiger partial charge is 0.407 e. The van der Waals surface area contributed by atoms with Gasteiger partial charge in [0.1, 0.15) is 12.1 Å². The summed E-state index contributed by atoms with van der Waals surface area (Å²) < 4.78 is 5.48. The third-order valence-corrected chi connectivity index (χ3v) is 7.09. The van der Waals surface area contributed by atoms with E-state index < -0.39 is 17.6 Å². The Kier molecular flexibility index (Phi) is 5.40. The number of nitrogens with zero attached hydrogens (tertiary/aromatic N) is 1. The summed E-state index contributed by atoms with van der Waals surface area (Å²) in [5.74, 6) is -1.21. The van der Waals surface area contributed by atoms with E-state index in [1.54, 1.807) is 0 Å². The largest absolute Gasteiger partial charge is 0.479 e. The molecular formula is C26H26N2O5. The molecular weight excluding hydrogens is 420 g/mol. The number of hydrogen-bond acceptors (Lipinski definition) is 4. The van der Waals surface area contributed by atoms with Gasteiger partial charge in [-0.25, -0.2) is 9.59 Å². The fourth-order valence-electron chi connectivity index (χ4n) is 5.41. The van der Waals surface area contributed by atoms with Gasteiger partial charge in [0.05, 0.1) is 0 Å². The fraction of sp³-hybridized carbons (Fsp3) is 0.346. The van der Waals surface area contributed by atoms with E-state index in [1.165, 1.54) is 28.2 Å². The molecule has 0 spiro atoms. The SMILES string of the molecule is O=C(NC/C=C/C(=O)N1CCCC2CC21C(=O)O)OCC1c2ccccc2-c2ccccc21. The number of carbonyl (C=O) groups is 3. The van der Waals surface area contributed by atoms with Crippen LogP contribution in [0.5, 0.6) is 0 Å². The average molecular weight is 447 g/mol. The number of aliphatic carboxylic acids is 1. The summed E-state index contributed by atoms with van der Waals surface area (Å²) in [6.45, 7) is 0.796. The summed E-state index contributed by atoms with van der Waals surface area (Å²) in [5.41, 5.74) is 3.59. The van der Waals surface area contributed by atoms with Crippen molar-refractivity contribution < 1.29 is 24.2 Å². The first-order chi connectivity index (χ1) is 16.0. The van der Waals surface area contributed by atoms with Gasteiger partial charge >= 0.3 is 12.1 Å². The Morgan fingerprint density at radius 1 is 1.09 bits per heavy atom. The second kappa shape index (κ2) is 8.39. The molecule has 170 valence electrons. The lowest BCUT2D eigenvalue weighted by atomic mass is 9.98. The number of hydrogen-bond donors (Lipinski definition) is 2. The Labute approximate surface area is 192 Å². The molecule has 0 aromatic heterocycles. The molecule has 2 unspecified atom stereocenters. The summed E-state index contributed by atoms with van der Waals surface area (Å²) >= 11 is 0. The highest BCUT2D eigenvalue weighted by Crippen LogP contribution is 2.54. The van der Waals surface area contributed by atoms with Crippen molar-refractivity contribution in [2.24, 2.45) is 5.92 Å². The lowest BCUT2D eigenvalue weighted by Crippen LogP contribution is -2.50. The molecule has 1 heterocycles. The van der Waals surface area contributed by atoms with Crippen molar-refractivity contribution in [2.45, 2.75) is 30.7 Å². The highest BCUT2D eigenvalue weighted by Gasteiger charge is 2.66. The zero-order valence-corrected chi connectivity index (χ0v) is 18.2. The van der Waals surface area contributed by atoms with E-state index in [0.29, 0.717) is 13.0 Å². The van der Waals surface area contributed by atoms with Crippen LogP contribution in [-0.2, 0) is 14.3 Å². The normalized spacial score (nSPS) is 22.9. The standard InChI is InChI=1S/C26H26N2O5/c29-23(28-14-6-7-17-15-26(17,28)24(30)31)12-5-13-27-25(32)33-16-22-20-10-3-1-8-18(20)19-9-2-4-11-21(19)22/h1-5,8-12,17,22H,6-7,13-16H2,(H,27,32)(H,30,31)/b12-5+. The minimum Gasteiger partial charge on any atom is -0.479 e. The lowest BCUT2D eigenvalue weighted by Gasteiger charge is -2.32. The summed E-state index contributed by atoms with van der Waals surface area (Å²) in [6.07, 6.45) is 4.51. The van der Waals surface area contributed by atoms with Crippen molar-refractivity contribution in [3.8, 4) is 11.1 Å². The minimum absolute atomic E-state index is 0.0157. The van der Waals surface area contributed by atoms with E-state index in [1.807, 2.05) is 24.3 Å². The zero-order valence-electron chi connectivity index (χ0n) is 18.2. The van der Waals surface area contributed by atoms with Gasteiger partial charge in [-0.15, -0.1) is 0 Å². The molecule has 2 aromatic rings. The van der Waals surface area contributed by atoms with Crippen molar-refractivity contribution in [3.63, 3.8) is 0 Å². The van der Waals surface area contributed by atoms with Crippen molar-refractivity contribution in [1.82, 2.24) is 10.2 Å². The Morgan fingerprint density at radius 3 is 2.42 bits per heavy atom. The van der Waals surface area contributed by atoms with Crippen molar-refractivity contribution in [3.05, 3.63) is 71.8 Å². The predicted octanol–water partition coefficient (Wildman–Crippen LogP) is 3.55. The van der Waals surface area contributed by atoms with Gasteiger partial charge in [-0.1, -0.05) is 54.6 Å². The molecule has 2 amide bonds. The van der Waals surface area contributed by atoms with Gasteiger partial charge in [0.2, 0.25) is 5.91 Å². The van der Waals surface area contributed by atoms with Gasteiger partial charge in [0.25, 0.3) is 0 Å². The molecule has 2 atom stereocenters. The second-order valence-electron chi connectivity index (χ2n) is 8.87. The lowest BCUT2D eigenvalue weighted by molar-refractivity contribution is -0.152. The molecule has 2 aromatic carbocycles. The number of alkyl carbamates (subject to hydrolysis) is 1. The maximum atomic E-state index is 12.6. The van der Waals surface area contributed by atoms with E-state index in [2.05, 4.69) is 29.6 Å². The van der Waals surface area contributed by atoms with Crippen LogP contribution in [0.1, 0.15) is 36.3 Å². The number of carbonyl (C=O) groups excluding carboxylic acids is 2. The summed E-state index contributed by atoms with van der Waals surface area (Å²) in [5, 5.41) is 12.2. The molecule has 1 saturated heterocycles. The van der Waals surface area contributed by atoms with Crippen LogP contribution >= 0.6 is 0 Å². The number of carboxylic acids is 1. The van der Waals surface area contributed by atoms with Crippen molar-refractivity contribution >= 4 is 18.0 Å². The van der Waals surface area contributed by atoms with E-state index in [9.17, 15) is 19.5 Å². The quantitative estimate of drug-likeness (QED) is 0.662. The highest BCUT2D eigenvalue weighted by molar-refractivity contribution is 5.95. The maximum absolute atomic E-state index is 12.6. The van der Waals surface area contributed by atoms with Gasteiger partial charge in [-0.3, -0.25) is 4.79 Å². The monoisotopic (exact) mass is 446 g/mol. The first-order valence-corrected chi connectivity index (χ1v) is 11.3. The maximum Gasteiger partial charge on any atom is 0.407 e. The van der Waals surface area contributed by atoms with Crippen LogP contribution in [0.4, 0.5) is 4.79 Å². The van der Waals surface area contributed by atoms with Crippen LogP contribution in [0.3, 0.4) is 0 Å². The second-order valence-corrected chi connectivity index (χ2v) is 8.87. The average Bonchev–Trinajstić information content (AvgIpc) is 3.51. The van der Waals surface area contributed by atoms with Crippen LogP contribution in [0.15, 0.2) is 60.7 Å². The zero-order chi connectivity index (χ0) is 23.0. The van der Waals surface area contributed by atoms with Crippen molar-refractivity contribution in [2.75, 3.05) is 19.7 Å². The van der Waals surface area contributed by atoms with Gasteiger partial charge in [0, 0.05) is 25.1 Å². The Balaban J connectivity index is 1.14. The first-order valence-electron chi connectivity index (χ1n) is 11.3. The molecule has 2 N–H and O–H groups in total. The summed E-state index contributed by atoms with van der Waals surface area (Å²) in [7, 11) is 0. The van der Waals surface area contributed by atoms with Crippen LogP contribution in [0.25, 0.3) is 11.1 Å². The van der Waals surface area contributed by atoms with Crippen molar-refractivity contribution in [1.29, 1.82) is 0 Å². The Morgan fingerprint density at radius 2 is 1.76 bits per heavy atom. The van der Waals surface area contributed by atoms with Gasteiger partial charge in [0.15, 0.2) is 0 Å². The predicted molar refractivity (Wildman–Crippen MR) is 122 cm³/mol. The number of amides is 2. The van der Waals surface area contributed by atoms with Gasteiger partial charge < -0.3 is 20.1 Å². The van der Waals surface area contributed by atoms with E-state index in [-0.39, 0.29) is 30.9 Å². The molecule has 3 aliphatic rings. The minimum atomic E-state index is -1.03.